The quantitative estimate of drug-likeness (QED) is 0.659. The fourth-order valence-corrected chi connectivity index (χ4v) is 1.84. The standard InChI is InChI=1S/C5H8F2OS2/c1-3(6)9-5(8)10-4(2)7/h3-4H,1-2H3. The summed E-state index contributed by atoms with van der Waals surface area (Å²) in [5, 5.41) is 0. The summed E-state index contributed by atoms with van der Waals surface area (Å²) in [5.74, 6) is 0. The van der Waals surface area contributed by atoms with Crippen LogP contribution in [-0.4, -0.2) is 15.5 Å². The first-order chi connectivity index (χ1) is 4.52. The summed E-state index contributed by atoms with van der Waals surface area (Å²) in [4.78, 5) is 10.5. The number of halogens is 2. The Balaban J connectivity index is 3.44. The zero-order valence-corrected chi connectivity index (χ0v) is 7.27. The predicted octanol–water partition coefficient (Wildman–Crippen LogP) is 3.20. The zero-order chi connectivity index (χ0) is 8.15. The van der Waals surface area contributed by atoms with Crippen molar-refractivity contribution in [3.8, 4) is 0 Å². The van der Waals surface area contributed by atoms with Gasteiger partial charge in [0.15, 0.2) is 11.0 Å². The summed E-state index contributed by atoms with van der Waals surface area (Å²) < 4.78 is 23.5. The molecule has 60 valence electrons. The van der Waals surface area contributed by atoms with E-state index >= 15 is 0 Å². The highest BCUT2D eigenvalue weighted by Gasteiger charge is 2.12. The minimum Gasteiger partial charge on any atom is -0.274 e. The molecule has 0 heterocycles. The van der Waals surface area contributed by atoms with E-state index in [0.717, 1.165) is 0 Å². The molecule has 0 fully saturated rings. The van der Waals surface area contributed by atoms with Crippen molar-refractivity contribution < 1.29 is 13.6 Å². The second-order valence-electron chi connectivity index (χ2n) is 1.57. The molecule has 0 saturated carbocycles. The number of hydrogen-bond donors (Lipinski definition) is 0. The molecule has 0 aromatic rings. The molecule has 0 N–H and O–H groups in total. The van der Waals surface area contributed by atoms with Crippen LogP contribution >= 0.6 is 23.5 Å². The summed E-state index contributed by atoms with van der Waals surface area (Å²) in [6.07, 6.45) is 0. The maximum Gasteiger partial charge on any atom is 0.251 e. The topological polar surface area (TPSA) is 17.1 Å². The lowest BCUT2D eigenvalue weighted by molar-refractivity contribution is 0.276. The lowest BCUT2D eigenvalue weighted by atomic mass is 10.9. The molecule has 5 heteroatoms. The van der Waals surface area contributed by atoms with Gasteiger partial charge in [0.25, 0.3) is 4.45 Å². The monoisotopic (exact) mass is 186 g/mol. The van der Waals surface area contributed by atoms with Crippen LogP contribution in [0.1, 0.15) is 13.8 Å². The van der Waals surface area contributed by atoms with Gasteiger partial charge in [-0.15, -0.1) is 0 Å². The average molecular weight is 186 g/mol. The van der Waals surface area contributed by atoms with Gasteiger partial charge in [-0.3, -0.25) is 4.79 Å². The first-order valence-electron chi connectivity index (χ1n) is 2.67. The van der Waals surface area contributed by atoms with Crippen LogP contribution in [0.2, 0.25) is 0 Å². The maximum atomic E-state index is 12.0. The van der Waals surface area contributed by atoms with Crippen molar-refractivity contribution in [1.82, 2.24) is 0 Å². The van der Waals surface area contributed by atoms with E-state index in [1.54, 1.807) is 0 Å². The predicted molar refractivity (Wildman–Crippen MR) is 41.7 cm³/mol. The first kappa shape index (κ1) is 10.2. The number of carbonyl (C=O) groups is 1. The van der Waals surface area contributed by atoms with E-state index in [1.807, 2.05) is 0 Å². The number of alkyl halides is 2. The molecule has 0 amide bonds. The van der Waals surface area contributed by atoms with Gasteiger partial charge in [0, 0.05) is 0 Å². The molecule has 0 aliphatic carbocycles. The van der Waals surface area contributed by atoms with Crippen molar-refractivity contribution in [1.29, 1.82) is 0 Å². The van der Waals surface area contributed by atoms with Crippen LogP contribution in [0.25, 0.3) is 0 Å². The van der Waals surface area contributed by atoms with Crippen molar-refractivity contribution in [3.63, 3.8) is 0 Å². The number of carbonyl (C=O) groups excluding carboxylic acids is 1. The smallest absolute Gasteiger partial charge is 0.251 e. The Bertz CT molecular complexity index is 104. The fraction of sp³-hybridized carbons (Fsp3) is 0.800. The minimum atomic E-state index is -1.25. The summed E-state index contributed by atoms with van der Waals surface area (Å²) >= 11 is 1.00. The van der Waals surface area contributed by atoms with Gasteiger partial charge < -0.3 is 0 Å². The average Bonchev–Trinajstić information content (AvgIpc) is 1.58. The van der Waals surface area contributed by atoms with E-state index < -0.39 is 15.5 Å². The molecule has 0 radical (unpaired) electrons. The molecule has 0 aliphatic heterocycles. The van der Waals surface area contributed by atoms with Gasteiger partial charge in [-0.1, -0.05) is 0 Å². The van der Waals surface area contributed by atoms with Gasteiger partial charge in [-0.05, 0) is 37.4 Å². The van der Waals surface area contributed by atoms with E-state index in [4.69, 9.17) is 0 Å². The van der Waals surface area contributed by atoms with E-state index in [1.165, 1.54) is 13.8 Å². The molecule has 0 rings (SSSR count). The molecule has 0 aromatic carbocycles. The Morgan fingerprint density at radius 3 is 1.70 bits per heavy atom. The van der Waals surface area contributed by atoms with Crippen LogP contribution < -0.4 is 0 Å². The van der Waals surface area contributed by atoms with E-state index in [9.17, 15) is 13.6 Å². The van der Waals surface area contributed by atoms with Crippen LogP contribution in [-0.2, 0) is 0 Å². The number of thioether (sulfide) groups is 2. The number of rotatable bonds is 2. The third kappa shape index (κ3) is 6.35. The van der Waals surface area contributed by atoms with Gasteiger partial charge in [0.1, 0.15) is 0 Å². The van der Waals surface area contributed by atoms with Crippen molar-refractivity contribution in [3.05, 3.63) is 0 Å². The van der Waals surface area contributed by atoms with Gasteiger partial charge in [-0.2, -0.15) is 0 Å². The molecule has 0 aliphatic rings. The van der Waals surface area contributed by atoms with Crippen LogP contribution in [0, 0.1) is 0 Å². The molecular formula is C5H8F2OS2. The molecule has 0 saturated heterocycles. The van der Waals surface area contributed by atoms with Crippen molar-refractivity contribution in [2.45, 2.75) is 24.9 Å². The van der Waals surface area contributed by atoms with Crippen molar-refractivity contribution >= 4 is 28.0 Å². The Labute approximate surface area is 66.9 Å². The molecule has 10 heavy (non-hydrogen) atoms. The summed E-state index contributed by atoms with van der Waals surface area (Å²) in [7, 11) is 0. The van der Waals surface area contributed by atoms with Crippen LogP contribution in [0.15, 0.2) is 0 Å². The van der Waals surface area contributed by atoms with Crippen LogP contribution in [0.3, 0.4) is 0 Å². The van der Waals surface area contributed by atoms with E-state index in [2.05, 4.69) is 0 Å². The third-order valence-electron chi connectivity index (χ3n) is 0.517. The normalized spacial score (nSPS) is 16.4. The molecule has 0 bridgehead atoms. The second-order valence-corrected chi connectivity index (χ2v) is 4.34. The Kier molecular flexibility index (Phi) is 5.07. The molecular weight excluding hydrogens is 178 g/mol. The van der Waals surface area contributed by atoms with Crippen molar-refractivity contribution in [2.24, 2.45) is 0 Å². The summed E-state index contributed by atoms with van der Waals surface area (Å²) in [6, 6.07) is 0. The van der Waals surface area contributed by atoms with Crippen molar-refractivity contribution in [2.75, 3.05) is 0 Å². The lowest BCUT2D eigenvalue weighted by Gasteiger charge is -1.99. The fourth-order valence-electron chi connectivity index (χ4n) is 0.293. The lowest BCUT2D eigenvalue weighted by Crippen LogP contribution is -1.94. The maximum absolute atomic E-state index is 12.0. The highest BCUT2D eigenvalue weighted by molar-refractivity contribution is 8.38. The minimum absolute atomic E-state index is 0.500. The Hall–Kier alpha value is 0.230. The Morgan fingerprint density at radius 1 is 1.20 bits per heavy atom. The van der Waals surface area contributed by atoms with Crippen LogP contribution in [0.4, 0.5) is 13.6 Å². The SMILES string of the molecule is CC(F)SC(=O)SC(C)F. The molecule has 2 atom stereocenters. The highest BCUT2D eigenvalue weighted by Crippen LogP contribution is 2.25. The largest absolute Gasteiger partial charge is 0.274 e. The van der Waals surface area contributed by atoms with Gasteiger partial charge in [0.2, 0.25) is 0 Å². The summed E-state index contributed by atoms with van der Waals surface area (Å²) in [6.45, 7) is 2.48. The Morgan fingerprint density at radius 2 is 1.50 bits per heavy atom. The van der Waals surface area contributed by atoms with E-state index in [-0.39, 0.29) is 0 Å². The van der Waals surface area contributed by atoms with Gasteiger partial charge >= 0.3 is 0 Å². The number of hydrogen-bond acceptors (Lipinski definition) is 3. The van der Waals surface area contributed by atoms with Gasteiger partial charge in [0.05, 0.1) is 0 Å². The molecule has 0 aromatic heterocycles. The molecule has 2 unspecified atom stereocenters. The second kappa shape index (κ2) is 4.96. The molecule has 0 spiro atoms. The van der Waals surface area contributed by atoms with Gasteiger partial charge in [-0.25, -0.2) is 8.78 Å². The first-order valence-corrected chi connectivity index (χ1v) is 4.43. The highest BCUT2D eigenvalue weighted by atomic mass is 32.2. The molecule has 1 nitrogen and oxygen atoms in total. The third-order valence-corrected chi connectivity index (χ3v) is 2.13. The summed E-state index contributed by atoms with van der Waals surface area (Å²) in [5.41, 5.74) is -2.50. The van der Waals surface area contributed by atoms with E-state index in [0.29, 0.717) is 23.5 Å². The zero-order valence-electron chi connectivity index (χ0n) is 5.64. The van der Waals surface area contributed by atoms with Crippen LogP contribution in [0.5, 0.6) is 0 Å².